The summed E-state index contributed by atoms with van der Waals surface area (Å²) in [6.07, 6.45) is 22.8. The van der Waals surface area contributed by atoms with Gasteiger partial charge in [-0.05, 0) is 25.5 Å². The van der Waals surface area contributed by atoms with Gasteiger partial charge < -0.3 is 11.1 Å². The first kappa shape index (κ1) is 26.8. The molecule has 2 atom stereocenters. The summed E-state index contributed by atoms with van der Waals surface area (Å²) in [5.74, 6) is 0.134. The van der Waals surface area contributed by atoms with Gasteiger partial charge in [-0.1, -0.05) is 90.9 Å². The summed E-state index contributed by atoms with van der Waals surface area (Å²) in [5, 5.41) is 3.59. The molecular weight excluding hydrogens is 352 g/mol. The summed E-state index contributed by atoms with van der Waals surface area (Å²) < 4.78 is 0. The maximum Gasteiger partial charge on any atom is 0.220 e. The highest BCUT2D eigenvalue weighted by Crippen LogP contribution is 2.20. The van der Waals surface area contributed by atoms with Crippen LogP contribution in [0, 0.1) is 0 Å². The molecular formula is C23H48N2OS. The smallest absolute Gasteiger partial charge is 0.220 e. The molecule has 162 valence electrons. The van der Waals surface area contributed by atoms with Crippen LogP contribution in [0.3, 0.4) is 0 Å². The lowest BCUT2D eigenvalue weighted by molar-refractivity contribution is -0.121. The Hall–Kier alpha value is -0.220. The molecule has 0 aliphatic carbocycles. The topological polar surface area (TPSA) is 55.1 Å². The Morgan fingerprint density at radius 1 is 0.852 bits per heavy atom. The fourth-order valence-corrected chi connectivity index (χ4v) is 4.37. The van der Waals surface area contributed by atoms with Crippen LogP contribution in [0.5, 0.6) is 0 Å². The minimum atomic E-state index is 0.0839. The number of unbranched alkanes of at least 4 members (excludes halogenated alkanes) is 11. The van der Waals surface area contributed by atoms with E-state index in [-0.39, 0.29) is 11.9 Å². The predicted octanol–water partition coefficient (Wildman–Crippen LogP) is 6.44. The Bertz CT molecular complexity index is 326. The zero-order chi connectivity index (χ0) is 20.2. The van der Waals surface area contributed by atoms with E-state index in [1.165, 1.54) is 83.5 Å². The minimum absolute atomic E-state index is 0.0839. The monoisotopic (exact) mass is 400 g/mol. The maximum atomic E-state index is 11.5. The molecule has 3 N–H and O–H groups in total. The standard InChI is InChI=1S/C23H48N2OS/c1-4-6-7-8-9-10-11-12-13-14-15-16-18-22(27-3)19-21(24)20-25-23(26)17-5-2/h21-22H,4-20,24H2,1-3H3,(H,25,26). The van der Waals surface area contributed by atoms with Crippen molar-refractivity contribution >= 4 is 17.7 Å². The van der Waals surface area contributed by atoms with Gasteiger partial charge >= 0.3 is 0 Å². The molecule has 0 fully saturated rings. The van der Waals surface area contributed by atoms with E-state index in [2.05, 4.69) is 18.5 Å². The fourth-order valence-electron chi connectivity index (χ4n) is 3.53. The van der Waals surface area contributed by atoms with Gasteiger partial charge in [0.1, 0.15) is 0 Å². The first-order valence-electron chi connectivity index (χ1n) is 11.7. The van der Waals surface area contributed by atoms with E-state index >= 15 is 0 Å². The number of amides is 1. The van der Waals surface area contributed by atoms with Crippen molar-refractivity contribution in [2.75, 3.05) is 12.8 Å². The minimum Gasteiger partial charge on any atom is -0.355 e. The normalized spacial score (nSPS) is 13.5. The third-order valence-electron chi connectivity index (χ3n) is 5.32. The summed E-state index contributed by atoms with van der Waals surface area (Å²) in [5.41, 5.74) is 6.20. The molecule has 0 aliphatic heterocycles. The molecule has 0 aromatic heterocycles. The molecule has 4 heteroatoms. The van der Waals surface area contributed by atoms with Crippen LogP contribution >= 0.6 is 11.8 Å². The number of carbonyl (C=O) groups is 1. The van der Waals surface area contributed by atoms with Crippen molar-refractivity contribution in [2.45, 2.75) is 128 Å². The average Bonchev–Trinajstić information content (AvgIpc) is 2.66. The molecule has 0 aromatic carbocycles. The van der Waals surface area contributed by atoms with Gasteiger partial charge in [0.2, 0.25) is 5.91 Å². The number of rotatable bonds is 20. The molecule has 0 rings (SSSR count). The number of nitrogens with two attached hydrogens (primary N) is 1. The second kappa shape index (κ2) is 20.5. The van der Waals surface area contributed by atoms with Crippen LogP contribution < -0.4 is 11.1 Å². The average molecular weight is 401 g/mol. The SMILES string of the molecule is CCCCCCCCCCCCCCC(CC(N)CNC(=O)CCC)SC. The molecule has 0 aromatic rings. The van der Waals surface area contributed by atoms with Gasteiger partial charge in [-0.2, -0.15) is 11.8 Å². The van der Waals surface area contributed by atoms with Crippen LogP contribution in [0.2, 0.25) is 0 Å². The largest absolute Gasteiger partial charge is 0.355 e. The highest BCUT2D eigenvalue weighted by Gasteiger charge is 2.13. The maximum absolute atomic E-state index is 11.5. The number of nitrogens with one attached hydrogen (secondary N) is 1. The Balaban J connectivity index is 3.50. The molecule has 0 bridgehead atoms. The molecule has 2 unspecified atom stereocenters. The second-order valence-electron chi connectivity index (χ2n) is 8.09. The van der Waals surface area contributed by atoms with E-state index in [9.17, 15) is 4.79 Å². The van der Waals surface area contributed by atoms with Gasteiger partial charge in [-0.15, -0.1) is 0 Å². The van der Waals surface area contributed by atoms with Crippen molar-refractivity contribution in [1.82, 2.24) is 5.32 Å². The third kappa shape index (κ3) is 18.9. The highest BCUT2D eigenvalue weighted by atomic mass is 32.2. The molecule has 27 heavy (non-hydrogen) atoms. The zero-order valence-corrected chi connectivity index (χ0v) is 19.4. The van der Waals surface area contributed by atoms with Gasteiger partial charge in [0.15, 0.2) is 0 Å². The van der Waals surface area contributed by atoms with E-state index < -0.39 is 0 Å². The number of hydrogen-bond acceptors (Lipinski definition) is 3. The van der Waals surface area contributed by atoms with E-state index in [0.29, 0.717) is 18.2 Å². The molecule has 0 radical (unpaired) electrons. The van der Waals surface area contributed by atoms with E-state index in [4.69, 9.17) is 5.73 Å². The molecule has 0 saturated heterocycles. The van der Waals surface area contributed by atoms with Crippen LogP contribution in [0.15, 0.2) is 0 Å². The first-order chi connectivity index (χ1) is 13.1. The van der Waals surface area contributed by atoms with Crippen LogP contribution in [0.4, 0.5) is 0 Å². The lowest BCUT2D eigenvalue weighted by Crippen LogP contribution is -2.38. The lowest BCUT2D eigenvalue weighted by Gasteiger charge is -2.19. The van der Waals surface area contributed by atoms with Gasteiger partial charge in [0, 0.05) is 24.3 Å². The van der Waals surface area contributed by atoms with Gasteiger partial charge in [-0.25, -0.2) is 0 Å². The Morgan fingerprint density at radius 3 is 1.85 bits per heavy atom. The van der Waals surface area contributed by atoms with Crippen LogP contribution in [0.1, 0.15) is 117 Å². The second-order valence-corrected chi connectivity index (χ2v) is 9.22. The van der Waals surface area contributed by atoms with Crippen molar-refractivity contribution in [3.05, 3.63) is 0 Å². The van der Waals surface area contributed by atoms with E-state index in [1.807, 2.05) is 18.7 Å². The first-order valence-corrected chi connectivity index (χ1v) is 13.0. The van der Waals surface area contributed by atoms with Gasteiger partial charge in [0.05, 0.1) is 0 Å². The van der Waals surface area contributed by atoms with Gasteiger partial charge in [-0.3, -0.25) is 4.79 Å². The van der Waals surface area contributed by atoms with Crippen molar-refractivity contribution in [3.8, 4) is 0 Å². The van der Waals surface area contributed by atoms with E-state index in [1.54, 1.807) is 0 Å². The summed E-state index contributed by atoms with van der Waals surface area (Å²) in [6, 6.07) is 0.0839. The number of carbonyl (C=O) groups excluding carboxylic acids is 1. The van der Waals surface area contributed by atoms with Crippen molar-refractivity contribution in [2.24, 2.45) is 5.73 Å². The summed E-state index contributed by atoms with van der Waals surface area (Å²) in [6.45, 7) is 4.93. The Morgan fingerprint density at radius 2 is 1.37 bits per heavy atom. The molecule has 0 heterocycles. The molecule has 0 saturated carbocycles. The van der Waals surface area contributed by atoms with Crippen LogP contribution in [-0.2, 0) is 4.79 Å². The van der Waals surface area contributed by atoms with Crippen molar-refractivity contribution in [3.63, 3.8) is 0 Å². The van der Waals surface area contributed by atoms with Crippen molar-refractivity contribution in [1.29, 1.82) is 0 Å². The predicted molar refractivity (Wildman–Crippen MR) is 124 cm³/mol. The molecule has 3 nitrogen and oxygen atoms in total. The van der Waals surface area contributed by atoms with Crippen molar-refractivity contribution < 1.29 is 4.79 Å². The zero-order valence-electron chi connectivity index (χ0n) is 18.6. The Kier molecular flexibility index (Phi) is 20.3. The summed E-state index contributed by atoms with van der Waals surface area (Å²) in [7, 11) is 0. The number of thioether (sulfide) groups is 1. The lowest BCUT2D eigenvalue weighted by atomic mass is 10.0. The van der Waals surface area contributed by atoms with Gasteiger partial charge in [0.25, 0.3) is 0 Å². The van der Waals surface area contributed by atoms with Crippen LogP contribution in [0.25, 0.3) is 0 Å². The van der Waals surface area contributed by atoms with E-state index in [0.717, 1.165) is 12.8 Å². The highest BCUT2D eigenvalue weighted by molar-refractivity contribution is 7.99. The summed E-state index contributed by atoms with van der Waals surface area (Å²) >= 11 is 1.93. The third-order valence-corrected chi connectivity index (χ3v) is 6.41. The summed E-state index contributed by atoms with van der Waals surface area (Å²) in [4.78, 5) is 11.5. The fraction of sp³-hybridized carbons (Fsp3) is 0.957. The number of hydrogen-bond donors (Lipinski definition) is 2. The molecule has 0 aliphatic rings. The molecule has 0 spiro atoms. The Labute approximate surface area is 174 Å². The molecule has 1 amide bonds. The quantitative estimate of drug-likeness (QED) is 0.231. The van der Waals surface area contributed by atoms with Crippen LogP contribution in [-0.4, -0.2) is 30.0 Å².